The minimum atomic E-state index is -0.629. The summed E-state index contributed by atoms with van der Waals surface area (Å²) >= 11 is 0. The molecule has 124 valence electrons. The highest BCUT2D eigenvalue weighted by molar-refractivity contribution is 6.03. The summed E-state index contributed by atoms with van der Waals surface area (Å²) in [6, 6.07) is 5.93. The number of ether oxygens (including phenoxy) is 1. The Morgan fingerprint density at radius 1 is 1.42 bits per heavy atom. The van der Waals surface area contributed by atoms with E-state index < -0.39 is 11.5 Å². The van der Waals surface area contributed by atoms with Crippen LogP contribution in [0.15, 0.2) is 39.8 Å². The first-order valence-corrected chi connectivity index (χ1v) is 7.41. The first-order valence-electron chi connectivity index (χ1n) is 7.41. The van der Waals surface area contributed by atoms with Crippen molar-refractivity contribution in [3.05, 3.63) is 63.7 Å². The molecule has 0 aliphatic heterocycles. The summed E-state index contributed by atoms with van der Waals surface area (Å²) in [5.41, 5.74) is 0.328. The number of aromatic nitrogens is 2. The van der Waals surface area contributed by atoms with Crippen LogP contribution in [0.25, 0.3) is 11.1 Å². The molecule has 0 saturated carbocycles. The van der Waals surface area contributed by atoms with E-state index in [1.54, 1.807) is 26.0 Å². The van der Waals surface area contributed by atoms with Gasteiger partial charge < -0.3 is 9.15 Å². The van der Waals surface area contributed by atoms with Crippen LogP contribution < -0.4 is 5.56 Å². The molecule has 1 aromatic carbocycles. The molecule has 3 rings (SSSR count). The first-order chi connectivity index (χ1) is 11.5. The van der Waals surface area contributed by atoms with Gasteiger partial charge in [0.05, 0.1) is 13.2 Å². The Labute approximate surface area is 136 Å². The van der Waals surface area contributed by atoms with Gasteiger partial charge in [-0.1, -0.05) is 12.1 Å². The van der Waals surface area contributed by atoms with Crippen LogP contribution >= 0.6 is 0 Å². The van der Waals surface area contributed by atoms with Crippen LogP contribution in [0.1, 0.15) is 28.6 Å². The fourth-order valence-corrected chi connectivity index (χ4v) is 2.53. The van der Waals surface area contributed by atoms with Crippen LogP contribution in [0.3, 0.4) is 0 Å². The Bertz CT molecular complexity index is 974. The van der Waals surface area contributed by atoms with Gasteiger partial charge in [0, 0.05) is 0 Å². The molecular formula is C17H15FN2O4. The molecule has 0 N–H and O–H groups in total. The molecule has 24 heavy (non-hydrogen) atoms. The third-order valence-electron chi connectivity index (χ3n) is 3.58. The van der Waals surface area contributed by atoms with E-state index in [0.29, 0.717) is 5.56 Å². The molecule has 6 nitrogen and oxygen atoms in total. The number of aryl methyl sites for hydroxylation is 1. The molecule has 0 bridgehead atoms. The molecule has 7 heteroatoms. The van der Waals surface area contributed by atoms with E-state index in [2.05, 4.69) is 4.98 Å². The minimum absolute atomic E-state index is 0.0739. The second-order valence-electron chi connectivity index (χ2n) is 5.24. The van der Waals surface area contributed by atoms with Crippen molar-refractivity contribution in [3.63, 3.8) is 0 Å². The lowest BCUT2D eigenvalue weighted by Gasteiger charge is -2.06. The van der Waals surface area contributed by atoms with Gasteiger partial charge in [0.2, 0.25) is 5.71 Å². The summed E-state index contributed by atoms with van der Waals surface area (Å²) < 4.78 is 25.0. The molecular weight excluding hydrogens is 315 g/mol. The monoisotopic (exact) mass is 330 g/mol. The van der Waals surface area contributed by atoms with E-state index in [4.69, 9.17) is 9.15 Å². The topological polar surface area (TPSA) is 74.3 Å². The molecule has 3 aromatic rings. The Morgan fingerprint density at radius 3 is 2.92 bits per heavy atom. The van der Waals surface area contributed by atoms with Gasteiger partial charge in [0.1, 0.15) is 28.9 Å². The molecule has 2 aromatic heterocycles. The van der Waals surface area contributed by atoms with Crippen molar-refractivity contribution in [3.8, 4) is 0 Å². The summed E-state index contributed by atoms with van der Waals surface area (Å²) in [5, 5.41) is 0.0739. The van der Waals surface area contributed by atoms with E-state index in [-0.39, 0.29) is 41.4 Å². The van der Waals surface area contributed by atoms with Gasteiger partial charge in [0.25, 0.3) is 5.56 Å². The predicted octanol–water partition coefficient (Wildman–Crippen LogP) is 2.66. The van der Waals surface area contributed by atoms with Gasteiger partial charge in [-0.3, -0.25) is 9.36 Å². The number of furan rings is 1. The number of esters is 1. The number of carbonyl (C=O) groups is 1. The van der Waals surface area contributed by atoms with Crippen LogP contribution in [-0.2, 0) is 11.3 Å². The SMILES string of the molecule is CCOC(=O)c1c(C)oc2ncn(Cc3cccc(F)c3)c(=O)c12. The van der Waals surface area contributed by atoms with Crippen LogP contribution in [0.4, 0.5) is 4.39 Å². The molecule has 0 spiro atoms. The van der Waals surface area contributed by atoms with E-state index in [0.717, 1.165) is 0 Å². The lowest BCUT2D eigenvalue weighted by atomic mass is 10.2. The second kappa shape index (κ2) is 6.27. The summed E-state index contributed by atoms with van der Waals surface area (Å²) in [7, 11) is 0. The van der Waals surface area contributed by atoms with Crippen LogP contribution in [0.2, 0.25) is 0 Å². The van der Waals surface area contributed by atoms with Crippen molar-refractivity contribution in [1.82, 2.24) is 9.55 Å². The third kappa shape index (κ3) is 2.80. The number of rotatable bonds is 4. The van der Waals surface area contributed by atoms with Crippen molar-refractivity contribution < 1.29 is 18.3 Å². The maximum Gasteiger partial charge on any atom is 0.342 e. The maximum absolute atomic E-state index is 13.3. The van der Waals surface area contributed by atoms with Gasteiger partial charge in [-0.2, -0.15) is 0 Å². The number of benzene rings is 1. The average molecular weight is 330 g/mol. The fraction of sp³-hybridized carbons (Fsp3) is 0.235. The Balaban J connectivity index is 2.11. The van der Waals surface area contributed by atoms with Gasteiger partial charge in [-0.25, -0.2) is 14.2 Å². The zero-order chi connectivity index (χ0) is 17.3. The highest BCUT2D eigenvalue weighted by Crippen LogP contribution is 2.21. The zero-order valence-electron chi connectivity index (χ0n) is 13.2. The second-order valence-corrected chi connectivity index (χ2v) is 5.24. The highest BCUT2D eigenvalue weighted by atomic mass is 19.1. The fourth-order valence-electron chi connectivity index (χ4n) is 2.53. The Hall–Kier alpha value is -2.96. The van der Waals surface area contributed by atoms with E-state index in [1.165, 1.54) is 23.0 Å². The predicted molar refractivity (Wildman–Crippen MR) is 84.5 cm³/mol. The molecule has 0 fully saturated rings. The Kier molecular flexibility index (Phi) is 4.16. The number of carbonyl (C=O) groups excluding carboxylic acids is 1. The first kappa shape index (κ1) is 15.9. The normalized spacial score (nSPS) is 11.0. The van der Waals surface area contributed by atoms with Gasteiger partial charge in [-0.15, -0.1) is 0 Å². The molecule has 0 amide bonds. The lowest BCUT2D eigenvalue weighted by Crippen LogP contribution is -2.22. The van der Waals surface area contributed by atoms with E-state index in [1.807, 2.05) is 0 Å². The van der Waals surface area contributed by atoms with Crippen molar-refractivity contribution in [2.45, 2.75) is 20.4 Å². The van der Waals surface area contributed by atoms with Gasteiger partial charge in [0.15, 0.2) is 0 Å². The standard InChI is InChI=1S/C17H15FN2O4/c1-3-23-17(22)13-10(2)24-15-14(13)16(21)20(9-19-15)8-11-5-4-6-12(18)7-11/h4-7,9H,3,8H2,1-2H3. The summed E-state index contributed by atoms with van der Waals surface area (Å²) in [6.45, 7) is 3.56. The van der Waals surface area contributed by atoms with Crippen LogP contribution in [0, 0.1) is 12.7 Å². The molecule has 0 atom stereocenters. The quantitative estimate of drug-likeness (QED) is 0.688. The molecule has 2 heterocycles. The van der Waals surface area contributed by atoms with Crippen LogP contribution in [0.5, 0.6) is 0 Å². The summed E-state index contributed by atoms with van der Waals surface area (Å²) in [6.07, 6.45) is 1.31. The number of halogens is 1. The largest absolute Gasteiger partial charge is 0.462 e. The maximum atomic E-state index is 13.3. The van der Waals surface area contributed by atoms with Crippen molar-refractivity contribution in [1.29, 1.82) is 0 Å². The molecule has 0 aliphatic rings. The molecule has 0 unspecified atom stereocenters. The number of nitrogens with zero attached hydrogens (tertiary/aromatic N) is 2. The molecule has 0 radical (unpaired) electrons. The van der Waals surface area contributed by atoms with E-state index in [9.17, 15) is 14.0 Å². The molecule has 0 aliphatic carbocycles. The van der Waals surface area contributed by atoms with Crippen molar-refractivity contribution in [2.75, 3.05) is 6.61 Å². The summed E-state index contributed by atoms with van der Waals surface area (Å²) in [4.78, 5) is 28.9. The van der Waals surface area contributed by atoms with Gasteiger partial charge >= 0.3 is 5.97 Å². The van der Waals surface area contributed by atoms with E-state index >= 15 is 0 Å². The van der Waals surface area contributed by atoms with Crippen LogP contribution in [-0.4, -0.2) is 22.1 Å². The smallest absolute Gasteiger partial charge is 0.342 e. The average Bonchev–Trinajstić information content (AvgIpc) is 2.87. The Morgan fingerprint density at radius 2 is 2.21 bits per heavy atom. The zero-order valence-corrected chi connectivity index (χ0v) is 13.2. The number of hydrogen-bond acceptors (Lipinski definition) is 5. The van der Waals surface area contributed by atoms with Gasteiger partial charge in [-0.05, 0) is 31.5 Å². The number of hydrogen-bond donors (Lipinski definition) is 0. The van der Waals surface area contributed by atoms with Crippen molar-refractivity contribution in [2.24, 2.45) is 0 Å². The summed E-state index contributed by atoms with van der Waals surface area (Å²) in [5.74, 6) is -0.742. The third-order valence-corrected chi connectivity index (χ3v) is 3.58. The minimum Gasteiger partial charge on any atom is -0.462 e. The lowest BCUT2D eigenvalue weighted by molar-refractivity contribution is 0.0526. The highest BCUT2D eigenvalue weighted by Gasteiger charge is 2.23. The molecule has 0 saturated heterocycles. The number of fused-ring (bicyclic) bond motifs is 1. The van der Waals surface area contributed by atoms with Crippen molar-refractivity contribution >= 4 is 17.1 Å².